The molecule has 0 aliphatic rings. The molecule has 0 radical (unpaired) electrons. The molecule has 0 saturated heterocycles. The molecule has 0 spiro atoms. The lowest BCUT2D eigenvalue weighted by Crippen LogP contribution is -2.11. The summed E-state index contributed by atoms with van der Waals surface area (Å²) in [5, 5.41) is 0. The van der Waals surface area contributed by atoms with Crippen molar-refractivity contribution in [3.05, 3.63) is 35.4 Å². The molecule has 0 bridgehead atoms. The molecule has 0 fully saturated rings. The van der Waals surface area contributed by atoms with Gasteiger partial charge in [-0.25, -0.2) is 0 Å². The largest absolute Gasteiger partial charge is 0.302 e. The third-order valence-electron chi connectivity index (χ3n) is 2.40. The van der Waals surface area contributed by atoms with Crippen molar-refractivity contribution in [2.45, 2.75) is 36.5 Å². The van der Waals surface area contributed by atoms with Gasteiger partial charge in [0.2, 0.25) is 0 Å². The molecular weight excluding hydrogens is 299 g/mol. The van der Waals surface area contributed by atoms with Gasteiger partial charge in [-0.15, -0.1) is 0 Å². The van der Waals surface area contributed by atoms with Crippen LogP contribution in [0.2, 0.25) is 0 Å². The van der Waals surface area contributed by atoms with Crippen LogP contribution in [0.25, 0.3) is 0 Å². The molecule has 0 aromatic heterocycles. The van der Waals surface area contributed by atoms with E-state index in [0.29, 0.717) is 0 Å². The zero-order valence-corrected chi connectivity index (χ0v) is 11.6. The summed E-state index contributed by atoms with van der Waals surface area (Å²) < 4.78 is 0.0862. The molecule has 1 nitrogen and oxygen atoms in total. The van der Waals surface area contributed by atoms with Gasteiger partial charge in [-0.3, -0.25) is 0 Å². The van der Waals surface area contributed by atoms with E-state index in [1.807, 2.05) is 0 Å². The zero-order valence-electron chi connectivity index (χ0n) is 9.46. The molecule has 82 valence electrons. The van der Waals surface area contributed by atoms with Gasteiger partial charge >= 0.3 is 0 Å². The summed E-state index contributed by atoms with van der Waals surface area (Å²) >= 11 is 2.17. The number of alkyl halides is 1. The normalized spacial score (nSPS) is 13.6. The fourth-order valence-electron chi connectivity index (χ4n) is 1.41. The average Bonchev–Trinajstić information content (AvgIpc) is 2.17. The Morgan fingerprint density at radius 3 is 2.20 bits per heavy atom. The molecule has 2 heteroatoms. The maximum absolute atomic E-state index is 10.5. The Kier molecular flexibility index (Phi) is 4.32. The van der Waals surface area contributed by atoms with Crippen LogP contribution in [0.3, 0.4) is 0 Å². The third-order valence-corrected chi connectivity index (χ3v) is 3.13. The Morgan fingerprint density at radius 2 is 1.80 bits per heavy atom. The Morgan fingerprint density at radius 1 is 1.27 bits per heavy atom. The number of hydrogen-bond donors (Lipinski definition) is 0. The summed E-state index contributed by atoms with van der Waals surface area (Å²) in [4.78, 5) is 10.5. The van der Waals surface area contributed by atoms with E-state index in [-0.39, 0.29) is 9.34 Å². The van der Waals surface area contributed by atoms with Crippen LogP contribution >= 0.6 is 22.6 Å². The highest BCUT2D eigenvalue weighted by Crippen LogP contribution is 2.22. The van der Waals surface area contributed by atoms with Crippen LogP contribution in [0.1, 0.15) is 31.9 Å². The van der Waals surface area contributed by atoms with Crippen molar-refractivity contribution >= 4 is 28.9 Å². The second kappa shape index (κ2) is 5.10. The molecule has 1 aromatic rings. The van der Waals surface area contributed by atoms with Crippen molar-refractivity contribution in [1.29, 1.82) is 0 Å². The number of aldehydes is 1. The molecule has 15 heavy (non-hydrogen) atoms. The topological polar surface area (TPSA) is 17.1 Å². The Hall–Kier alpha value is -0.380. The van der Waals surface area contributed by atoms with Gasteiger partial charge in [0.1, 0.15) is 6.29 Å². The number of halogens is 1. The lowest BCUT2D eigenvalue weighted by atomic mass is 9.86. The highest BCUT2D eigenvalue weighted by atomic mass is 127. The van der Waals surface area contributed by atoms with Gasteiger partial charge < -0.3 is 4.79 Å². The first-order chi connectivity index (χ1) is 6.93. The Bertz CT molecular complexity index is 321. The molecule has 0 aliphatic carbocycles. The first-order valence-electron chi connectivity index (χ1n) is 5.12. The monoisotopic (exact) mass is 316 g/mol. The molecule has 0 saturated carbocycles. The zero-order chi connectivity index (χ0) is 11.5. The Balaban J connectivity index is 2.77. The Labute approximate surface area is 105 Å². The maximum Gasteiger partial charge on any atom is 0.133 e. The van der Waals surface area contributed by atoms with Crippen LogP contribution in [0.15, 0.2) is 24.3 Å². The van der Waals surface area contributed by atoms with E-state index in [1.54, 1.807) is 0 Å². The lowest BCUT2D eigenvalue weighted by Gasteiger charge is -2.19. The summed E-state index contributed by atoms with van der Waals surface area (Å²) in [6, 6.07) is 8.55. The molecule has 1 aromatic carbocycles. The fourth-order valence-corrected chi connectivity index (χ4v) is 1.92. The predicted molar refractivity (Wildman–Crippen MR) is 72.7 cm³/mol. The highest BCUT2D eigenvalue weighted by Gasteiger charge is 2.13. The van der Waals surface area contributed by atoms with Crippen molar-refractivity contribution in [3.63, 3.8) is 0 Å². The highest BCUT2D eigenvalue weighted by molar-refractivity contribution is 14.1. The summed E-state index contributed by atoms with van der Waals surface area (Å²) in [7, 11) is 0. The van der Waals surface area contributed by atoms with Crippen molar-refractivity contribution < 1.29 is 4.79 Å². The average molecular weight is 316 g/mol. The maximum atomic E-state index is 10.5. The van der Waals surface area contributed by atoms with Gasteiger partial charge in [0, 0.05) is 0 Å². The summed E-state index contributed by atoms with van der Waals surface area (Å²) in [6.45, 7) is 6.61. The van der Waals surface area contributed by atoms with Gasteiger partial charge in [-0.05, 0) is 23.0 Å². The van der Waals surface area contributed by atoms with E-state index < -0.39 is 0 Å². The number of rotatable bonds is 3. The molecule has 1 unspecified atom stereocenters. The summed E-state index contributed by atoms with van der Waals surface area (Å²) in [5.41, 5.74) is 2.77. The quantitative estimate of drug-likeness (QED) is 0.474. The number of hydrogen-bond acceptors (Lipinski definition) is 1. The minimum absolute atomic E-state index is 0.0862. The summed E-state index contributed by atoms with van der Waals surface area (Å²) in [6.07, 6.45) is 1.83. The van der Waals surface area contributed by atoms with Gasteiger partial charge in [0.05, 0.1) is 3.92 Å². The molecule has 1 atom stereocenters. The first-order valence-corrected chi connectivity index (χ1v) is 6.37. The molecule has 0 amide bonds. The van der Waals surface area contributed by atoms with E-state index in [1.165, 1.54) is 11.1 Å². The van der Waals surface area contributed by atoms with Gasteiger partial charge in [-0.1, -0.05) is 67.6 Å². The standard InChI is InChI=1S/C13H17IO/c1-13(2,3)11-6-4-10(5-7-11)8-12(14)9-15/h4-7,9,12H,8H2,1-3H3. The minimum Gasteiger partial charge on any atom is -0.302 e. The number of carbonyl (C=O) groups excluding carboxylic acids is 1. The first kappa shape index (κ1) is 12.7. The van der Waals surface area contributed by atoms with E-state index in [2.05, 4.69) is 67.6 Å². The molecule has 0 N–H and O–H groups in total. The van der Waals surface area contributed by atoms with Crippen LogP contribution in [0.5, 0.6) is 0 Å². The number of carbonyl (C=O) groups is 1. The minimum atomic E-state index is 0.0862. The molecule has 0 heterocycles. The van der Waals surface area contributed by atoms with Crippen LogP contribution in [0, 0.1) is 0 Å². The number of benzene rings is 1. The van der Waals surface area contributed by atoms with Gasteiger partial charge in [0.15, 0.2) is 0 Å². The van der Waals surface area contributed by atoms with Crippen LogP contribution < -0.4 is 0 Å². The third kappa shape index (κ3) is 3.93. The van der Waals surface area contributed by atoms with E-state index >= 15 is 0 Å². The molecular formula is C13H17IO. The lowest BCUT2D eigenvalue weighted by molar-refractivity contribution is -0.107. The van der Waals surface area contributed by atoms with Crippen LogP contribution in [0.4, 0.5) is 0 Å². The van der Waals surface area contributed by atoms with E-state index in [4.69, 9.17) is 0 Å². The van der Waals surface area contributed by atoms with Crippen molar-refractivity contribution in [2.24, 2.45) is 0 Å². The second-order valence-corrected chi connectivity index (χ2v) is 6.40. The van der Waals surface area contributed by atoms with Crippen LogP contribution in [-0.2, 0) is 16.6 Å². The van der Waals surface area contributed by atoms with E-state index in [0.717, 1.165) is 12.7 Å². The SMILES string of the molecule is CC(C)(C)c1ccc(CC(I)C=O)cc1. The fraction of sp³-hybridized carbons (Fsp3) is 0.462. The predicted octanol–water partition coefficient (Wildman–Crippen LogP) is 3.53. The summed E-state index contributed by atoms with van der Waals surface area (Å²) in [5.74, 6) is 0. The van der Waals surface area contributed by atoms with Crippen LogP contribution in [-0.4, -0.2) is 10.2 Å². The molecule has 1 rings (SSSR count). The van der Waals surface area contributed by atoms with Gasteiger partial charge in [0.25, 0.3) is 0 Å². The van der Waals surface area contributed by atoms with Crippen molar-refractivity contribution in [3.8, 4) is 0 Å². The second-order valence-electron chi connectivity index (χ2n) is 4.80. The van der Waals surface area contributed by atoms with E-state index in [9.17, 15) is 4.79 Å². The molecule has 0 aliphatic heterocycles. The van der Waals surface area contributed by atoms with Crippen molar-refractivity contribution in [1.82, 2.24) is 0 Å². The van der Waals surface area contributed by atoms with Crippen molar-refractivity contribution in [2.75, 3.05) is 0 Å². The smallest absolute Gasteiger partial charge is 0.133 e. The van der Waals surface area contributed by atoms with Gasteiger partial charge in [-0.2, -0.15) is 0 Å².